The summed E-state index contributed by atoms with van der Waals surface area (Å²) >= 11 is 0. The number of ketones is 1. The Hall–Kier alpha value is -3.52. The van der Waals surface area contributed by atoms with Crippen molar-refractivity contribution in [3.05, 3.63) is 58.7 Å². The Morgan fingerprint density at radius 3 is 2.31 bits per heavy atom. The van der Waals surface area contributed by atoms with Crippen LogP contribution in [0.3, 0.4) is 0 Å². The molecule has 1 saturated heterocycles. The molecule has 1 aliphatic rings. The molecule has 1 N–H and O–H groups in total. The van der Waals surface area contributed by atoms with E-state index in [1.165, 1.54) is 4.90 Å². The van der Waals surface area contributed by atoms with Crippen LogP contribution in [0.25, 0.3) is 5.76 Å². The van der Waals surface area contributed by atoms with E-state index in [9.17, 15) is 14.7 Å². The Labute approximate surface area is 212 Å². The number of unbranched alkanes of at least 4 members (excludes halogenated alkanes) is 1. The van der Waals surface area contributed by atoms with Gasteiger partial charge in [0.15, 0.2) is 11.5 Å². The molecule has 8 heteroatoms. The van der Waals surface area contributed by atoms with Crippen molar-refractivity contribution in [3.8, 4) is 17.2 Å². The Kier molecular flexibility index (Phi) is 9.36. The highest BCUT2D eigenvalue weighted by Crippen LogP contribution is 2.42. The maximum atomic E-state index is 13.2. The Morgan fingerprint density at radius 1 is 0.944 bits per heavy atom. The molecule has 0 aromatic heterocycles. The standard InChI is InChI=1S/C28H35NO7/c1-6-7-15-36-22-12-9-19(17-23(22)35-5)25-24(27(31)28(32)29(25)13-8-14-33-3)26(30)20-10-11-21(34-4)18(2)16-20/h9-12,16-17,25,30H,6-8,13-15H2,1-5H3. The number of benzene rings is 2. The molecular weight excluding hydrogens is 462 g/mol. The third kappa shape index (κ3) is 5.65. The van der Waals surface area contributed by atoms with Crippen LogP contribution in [-0.4, -0.2) is 62.8 Å². The zero-order chi connectivity index (χ0) is 26.2. The number of carbonyl (C=O) groups excluding carboxylic acids is 2. The Balaban J connectivity index is 2.11. The first-order valence-electron chi connectivity index (χ1n) is 12.1. The van der Waals surface area contributed by atoms with E-state index in [0.717, 1.165) is 18.4 Å². The molecule has 0 saturated carbocycles. The second-order valence-electron chi connectivity index (χ2n) is 8.64. The van der Waals surface area contributed by atoms with Crippen LogP contribution in [0.15, 0.2) is 42.0 Å². The number of aryl methyl sites for hydroxylation is 1. The number of ether oxygens (including phenoxy) is 4. The lowest BCUT2D eigenvalue weighted by Gasteiger charge is -2.26. The molecule has 8 nitrogen and oxygen atoms in total. The lowest BCUT2D eigenvalue weighted by atomic mass is 9.94. The van der Waals surface area contributed by atoms with Crippen molar-refractivity contribution in [2.75, 3.05) is 41.1 Å². The van der Waals surface area contributed by atoms with Gasteiger partial charge in [0.2, 0.25) is 0 Å². The van der Waals surface area contributed by atoms with Crippen molar-refractivity contribution in [2.45, 2.75) is 39.2 Å². The lowest BCUT2D eigenvalue weighted by molar-refractivity contribution is -0.140. The zero-order valence-electron chi connectivity index (χ0n) is 21.6. The van der Waals surface area contributed by atoms with Gasteiger partial charge >= 0.3 is 0 Å². The third-order valence-electron chi connectivity index (χ3n) is 6.21. The number of methoxy groups -OCH3 is 3. The number of amides is 1. The zero-order valence-corrected chi connectivity index (χ0v) is 21.6. The molecule has 3 rings (SSSR count). The number of likely N-dealkylation sites (tertiary alicyclic amines) is 1. The van der Waals surface area contributed by atoms with E-state index in [0.29, 0.717) is 54.6 Å². The quantitative estimate of drug-likeness (QED) is 0.197. The van der Waals surface area contributed by atoms with Crippen molar-refractivity contribution < 1.29 is 33.6 Å². The molecular formula is C28H35NO7. The van der Waals surface area contributed by atoms with Crippen LogP contribution in [-0.2, 0) is 14.3 Å². The van der Waals surface area contributed by atoms with E-state index in [4.69, 9.17) is 18.9 Å². The summed E-state index contributed by atoms with van der Waals surface area (Å²) in [4.78, 5) is 27.8. The molecule has 1 fully saturated rings. The van der Waals surface area contributed by atoms with Crippen LogP contribution >= 0.6 is 0 Å². The van der Waals surface area contributed by atoms with E-state index >= 15 is 0 Å². The summed E-state index contributed by atoms with van der Waals surface area (Å²) in [6.07, 6.45) is 2.45. The minimum absolute atomic E-state index is 0.0312. The maximum absolute atomic E-state index is 13.2. The monoisotopic (exact) mass is 497 g/mol. The topological polar surface area (TPSA) is 94.5 Å². The van der Waals surface area contributed by atoms with Gasteiger partial charge in [-0.2, -0.15) is 0 Å². The average Bonchev–Trinajstić information content (AvgIpc) is 3.13. The molecule has 0 radical (unpaired) electrons. The minimum Gasteiger partial charge on any atom is -0.507 e. The summed E-state index contributed by atoms with van der Waals surface area (Å²) in [5.74, 6) is 0.103. The number of aliphatic hydroxyl groups excluding tert-OH is 1. The van der Waals surface area contributed by atoms with E-state index in [1.807, 2.05) is 6.92 Å². The fourth-order valence-corrected chi connectivity index (χ4v) is 4.32. The van der Waals surface area contributed by atoms with E-state index in [-0.39, 0.29) is 11.3 Å². The van der Waals surface area contributed by atoms with Crippen LogP contribution in [0.4, 0.5) is 0 Å². The summed E-state index contributed by atoms with van der Waals surface area (Å²) in [6.45, 7) is 5.21. The fraction of sp³-hybridized carbons (Fsp3) is 0.429. The number of nitrogens with zero attached hydrogens (tertiary/aromatic N) is 1. The van der Waals surface area contributed by atoms with Crippen molar-refractivity contribution in [1.82, 2.24) is 4.90 Å². The van der Waals surface area contributed by atoms with E-state index < -0.39 is 17.7 Å². The van der Waals surface area contributed by atoms with Gasteiger partial charge in [0.25, 0.3) is 11.7 Å². The van der Waals surface area contributed by atoms with Crippen LogP contribution < -0.4 is 14.2 Å². The smallest absolute Gasteiger partial charge is 0.295 e. The van der Waals surface area contributed by atoms with Crippen molar-refractivity contribution in [1.29, 1.82) is 0 Å². The second-order valence-corrected chi connectivity index (χ2v) is 8.64. The van der Waals surface area contributed by atoms with Gasteiger partial charge < -0.3 is 29.0 Å². The number of rotatable bonds is 12. The molecule has 1 atom stereocenters. The predicted molar refractivity (Wildman–Crippen MR) is 137 cm³/mol. The number of aliphatic hydroxyl groups is 1. The SMILES string of the molecule is CCCCOc1ccc(C2C(=C(O)c3ccc(OC)c(C)c3)C(=O)C(=O)N2CCCOC)cc1OC. The summed E-state index contributed by atoms with van der Waals surface area (Å²) in [7, 11) is 4.69. The summed E-state index contributed by atoms with van der Waals surface area (Å²) in [5, 5.41) is 11.3. The van der Waals surface area contributed by atoms with Gasteiger partial charge in [-0.1, -0.05) is 19.4 Å². The molecule has 0 bridgehead atoms. The predicted octanol–water partition coefficient (Wildman–Crippen LogP) is 4.65. The first-order chi connectivity index (χ1) is 17.4. The Bertz CT molecular complexity index is 1120. The average molecular weight is 498 g/mol. The molecule has 2 aromatic carbocycles. The van der Waals surface area contributed by atoms with Gasteiger partial charge in [0, 0.05) is 25.8 Å². The first-order valence-corrected chi connectivity index (χ1v) is 12.1. The van der Waals surface area contributed by atoms with Gasteiger partial charge in [0.05, 0.1) is 32.4 Å². The molecule has 1 heterocycles. The summed E-state index contributed by atoms with van der Waals surface area (Å²) < 4.78 is 21.9. The first kappa shape index (κ1) is 27.1. The molecule has 0 aliphatic carbocycles. The molecule has 1 unspecified atom stereocenters. The number of hydrogen-bond acceptors (Lipinski definition) is 7. The van der Waals surface area contributed by atoms with Crippen LogP contribution in [0.1, 0.15) is 48.9 Å². The summed E-state index contributed by atoms with van der Waals surface area (Å²) in [6, 6.07) is 9.67. The Morgan fingerprint density at radius 2 is 1.67 bits per heavy atom. The van der Waals surface area contributed by atoms with Crippen molar-refractivity contribution in [3.63, 3.8) is 0 Å². The van der Waals surface area contributed by atoms with Crippen LogP contribution in [0.2, 0.25) is 0 Å². The van der Waals surface area contributed by atoms with Crippen molar-refractivity contribution in [2.24, 2.45) is 0 Å². The maximum Gasteiger partial charge on any atom is 0.295 e. The highest BCUT2D eigenvalue weighted by molar-refractivity contribution is 6.46. The highest BCUT2D eigenvalue weighted by Gasteiger charge is 2.46. The van der Waals surface area contributed by atoms with E-state index in [2.05, 4.69) is 6.92 Å². The van der Waals surface area contributed by atoms with Crippen molar-refractivity contribution >= 4 is 17.4 Å². The largest absolute Gasteiger partial charge is 0.507 e. The second kappa shape index (κ2) is 12.4. The van der Waals surface area contributed by atoms with Gasteiger partial charge in [-0.25, -0.2) is 0 Å². The third-order valence-corrected chi connectivity index (χ3v) is 6.21. The van der Waals surface area contributed by atoms with Crippen LogP contribution in [0.5, 0.6) is 17.2 Å². The van der Waals surface area contributed by atoms with Gasteiger partial charge in [0.1, 0.15) is 11.5 Å². The summed E-state index contributed by atoms with van der Waals surface area (Å²) in [5.41, 5.74) is 1.89. The molecule has 194 valence electrons. The molecule has 1 aliphatic heterocycles. The number of hydrogen-bond donors (Lipinski definition) is 1. The number of carbonyl (C=O) groups is 2. The van der Waals surface area contributed by atoms with E-state index in [1.54, 1.807) is 57.7 Å². The highest BCUT2D eigenvalue weighted by atomic mass is 16.5. The lowest BCUT2D eigenvalue weighted by Crippen LogP contribution is -2.31. The van der Waals surface area contributed by atoms with Gasteiger partial charge in [-0.3, -0.25) is 9.59 Å². The van der Waals surface area contributed by atoms with Gasteiger partial charge in [-0.15, -0.1) is 0 Å². The molecule has 2 aromatic rings. The normalized spacial score (nSPS) is 16.9. The molecule has 36 heavy (non-hydrogen) atoms. The number of Topliss-reactive ketones (excluding diaryl/α,β-unsaturated/α-hetero) is 1. The minimum atomic E-state index is -0.789. The van der Waals surface area contributed by atoms with Crippen LogP contribution in [0, 0.1) is 6.92 Å². The molecule has 1 amide bonds. The molecule has 0 spiro atoms. The van der Waals surface area contributed by atoms with Gasteiger partial charge in [-0.05, 0) is 61.2 Å². The fourth-order valence-electron chi connectivity index (χ4n) is 4.32.